The summed E-state index contributed by atoms with van der Waals surface area (Å²) >= 11 is 0. The van der Waals surface area contributed by atoms with E-state index in [0.29, 0.717) is 17.6 Å². The Bertz CT molecular complexity index is 753. The van der Waals surface area contributed by atoms with Gasteiger partial charge in [0.2, 0.25) is 5.95 Å². The molecule has 0 amide bonds. The van der Waals surface area contributed by atoms with Crippen molar-refractivity contribution in [2.24, 2.45) is 5.73 Å². The van der Waals surface area contributed by atoms with Gasteiger partial charge < -0.3 is 21.3 Å². The predicted octanol–water partition coefficient (Wildman–Crippen LogP) is 1.73. The van der Waals surface area contributed by atoms with Crippen molar-refractivity contribution < 1.29 is 4.39 Å². The SMILES string of the molecule is Nc1nc(C2CC(N)C2)cc(N2CCN(c3ccccc3F)CC2)n1. The van der Waals surface area contributed by atoms with Gasteiger partial charge in [-0.05, 0) is 25.0 Å². The summed E-state index contributed by atoms with van der Waals surface area (Å²) in [6.07, 6.45) is 1.91. The molecule has 2 aliphatic rings. The van der Waals surface area contributed by atoms with E-state index in [0.717, 1.165) is 50.5 Å². The first kappa shape index (κ1) is 16.1. The molecule has 2 aromatic rings. The van der Waals surface area contributed by atoms with E-state index in [2.05, 4.69) is 19.8 Å². The molecule has 1 aliphatic heterocycles. The average molecular weight is 342 g/mol. The molecule has 1 saturated heterocycles. The molecular formula is C18H23FN6. The predicted molar refractivity (Wildman–Crippen MR) is 97.2 cm³/mol. The summed E-state index contributed by atoms with van der Waals surface area (Å²) in [5.74, 6) is 1.38. The van der Waals surface area contributed by atoms with Crippen LogP contribution in [-0.2, 0) is 0 Å². The molecule has 0 spiro atoms. The van der Waals surface area contributed by atoms with Crippen molar-refractivity contribution >= 4 is 17.5 Å². The van der Waals surface area contributed by atoms with Crippen molar-refractivity contribution in [3.8, 4) is 0 Å². The second kappa shape index (κ2) is 6.48. The molecule has 0 radical (unpaired) electrons. The third kappa shape index (κ3) is 3.24. The summed E-state index contributed by atoms with van der Waals surface area (Å²) in [4.78, 5) is 13.0. The summed E-state index contributed by atoms with van der Waals surface area (Å²) in [6.45, 7) is 3.03. The van der Waals surface area contributed by atoms with Gasteiger partial charge in [0.15, 0.2) is 0 Å². The Morgan fingerprint density at radius 2 is 1.68 bits per heavy atom. The van der Waals surface area contributed by atoms with Crippen molar-refractivity contribution in [3.63, 3.8) is 0 Å². The second-order valence-corrected chi connectivity index (χ2v) is 6.86. The maximum absolute atomic E-state index is 14.0. The fraction of sp³-hybridized carbons (Fsp3) is 0.444. The largest absolute Gasteiger partial charge is 0.368 e. The van der Waals surface area contributed by atoms with E-state index < -0.39 is 0 Å². The molecule has 1 aromatic heterocycles. The van der Waals surface area contributed by atoms with Crippen LogP contribution in [-0.4, -0.2) is 42.2 Å². The van der Waals surface area contributed by atoms with E-state index in [9.17, 15) is 4.39 Å². The lowest BCUT2D eigenvalue weighted by molar-refractivity contribution is 0.345. The highest BCUT2D eigenvalue weighted by Gasteiger charge is 2.30. The lowest BCUT2D eigenvalue weighted by Crippen LogP contribution is -2.47. The van der Waals surface area contributed by atoms with Crippen LogP contribution in [0.5, 0.6) is 0 Å². The second-order valence-electron chi connectivity index (χ2n) is 6.86. The van der Waals surface area contributed by atoms with E-state index >= 15 is 0 Å². The van der Waals surface area contributed by atoms with E-state index in [1.165, 1.54) is 6.07 Å². The van der Waals surface area contributed by atoms with Crippen LogP contribution < -0.4 is 21.3 Å². The number of anilines is 3. The van der Waals surface area contributed by atoms with Crippen LogP contribution in [0, 0.1) is 5.82 Å². The number of benzene rings is 1. The molecule has 6 nitrogen and oxygen atoms in total. The van der Waals surface area contributed by atoms with Gasteiger partial charge in [-0.1, -0.05) is 12.1 Å². The lowest BCUT2D eigenvalue weighted by Gasteiger charge is -2.37. The van der Waals surface area contributed by atoms with Gasteiger partial charge in [0.05, 0.1) is 11.4 Å². The maximum Gasteiger partial charge on any atom is 0.222 e. The number of aromatic nitrogens is 2. The van der Waals surface area contributed by atoms with Gasteiger partial charge in [0, 0.05) is 44.2 Å². The molecule has 4 rings (SSSR count). The number of nitrogen functional groups attached to an aromatic ring is 1. The smallest absolute Gasteiger partial charge is 0.222 e. The minimum Gasteiger partial charge on any atom is -0.368 e. The Balaban J connectivity index is 1.46. The van der Waals surface area contributed by atoms with Crippen molar-refractivity contribution in [2.75, 3.05) is 41.7 Å². The molecule has 2 heterocycles. The first-order valence-electron chi connectivity index (χ1n) is 8.74. The minimum atomic E-state index is -0.175. The number of rotatable bonds is 3. The first-order chi connectivity index (χ1) is 12.1. The Hall–Kier alpha value is -2.41. The van der Waals surface area contributed by atoms with Crippen molar-refractivity contribution in [2.45, 2.75) is 24.8 Å². The zero-order chi connectivity index (χ0) is 17.4. The van der Waals surface area contributed by atoms with Crippen molar-refractivity contribution in [1.82, 2.24) is 9.97 Å². The van der Waals surface area contributed by atoms with Crippen LogP contribution in [0.15, 0.2) is 30.3 Å². The van der Waals surface area contributed by atoms with E-state index in [-0.39, 0.29) is 11.9 Å². The summed E-state index contributed by atoms with van der Waals surface area (Å²) in [6, 6.07) is 9.21. The fourth-order valence-corrected chi connectivity index (χ4v) is 3.63. The Labute approximate surface area is 146 Å². The highest BCUT2D eigenvalue weighted by Crippen LogP contribution is 2.36. The molecule has 25 heavy (non-hydrogen) atoms. The van der Waals surface area contributed by atoms with Gasteiger partial charge in [-0.25, -0.2) is 9.37 Å². The Morgan fingerprint density at radius 1 is 1.00 bits per heavy atom. The number of piperazine rings is 1. The molecule has 2 fully saturated rings. The quantitative estimate of drug-likeness (QED) is 0.884. The van der Waals surface area contributed by atoms with Crippen LogP contribution in [0.1, 0.15) is 24.5 Å². The summed E-state index contributed by atoms with van der Waals surface area (Å²) in [7, 11) is 0. The number of nitrogens with zero attached hydrogens (tertiary/aromatic N) is 4. The van der Waals surface area contributed by atoms with E-state index in [4.69, 9.17) is 11.5 Å². The van der Waals surface area contributed by atoms with Crippen LogP contribution >= 0.6 is 0 Å². The van der Waals surface area contributed by atoms with E-state index in [1.807, 2.05) is 18.2 Å². The summed E-state index contributed by atoms with van der Waals surface area (Å²) in [5, 5.41) is 0. The van der Waals surface area contributed by atoms with Gasteiger partial charge in [-0.15, -0.1) is 0 Å². The average Bonchev–Trinajstić information content (AvgIpc) is 2.59. The van der Waals surface area contributed by atoms with Gasteiger partial charge in [-0.3, -0.25) is 0 Å². The molecule has 0 bridgehead atoms. The summed E-state index contributed by atoms with van der Waals surface area (Å²) in [5.41, 5.74) is 13.4. The normalized spacial score (nSPS) is 23.4. The van der Waals surface area contributed by atoms with Crippen LogP contribution in [0.3, 0.4) is 0 Å². The standard InChI is InChI=1S/C18H23FN6/c19-14-3-1-2-4-16(14)24-5-7-25(8-6-24)17-11-15(22-18(21)23-17)12-9-13(20)10-12/h1-4,11-13H,5-10,20H2,(H2,21,22,23). The molecule has 1 aromatic carbocycles. The molecule has 0 unspecified atom stereocenters. The van der Waals surface area contributed by atoms with E-state index in [1.54, 1.807) is 6.07 Å². The zero-order valence-corrected chi connectivity index (χ0v) is 14.1. The summed E-state index contributed by atoms with van der Waals surface area (Å²) < 4.78 is 14.0. The Morgan fingerprint density at radius 3 is 2.36 bits per heavy atom. The number of halogens is 1. The molecule has 4 N–H and O–H groups in total. The molecular weight excluding hydrogens is 319 g/mol. The highest BCUT2D eigenvalue weighted by molar-refractivity contribution is 5.51. The van der Waals surface area contributed by atoms with Gasteiger partial charge in [0.25, 0.3) is 0 Å². The number of nitrogens with two attached hydrogens (primary N) is 2. The molecule has 132 valence electrons. The minimum absolute atomic E-state index is 0.175. The number of hydrogen-bond donors (Lipinski definition) is 2. The fourth-order valence-electron chi connectivity index (χ4n) is 3.63. The third-order valence-corrected chi connectivity index (χ3v) is 5.14. The number of hydrogen-bond acceptors (Lipinski definition) is 6. The third-order valence-electron chi connectivity index (χ3n) is 5.14. The van der Waals surface area contributed by atoms with Gasteiger partial charge in [-0.2, -0.15) is 4.98 Å². The molecule has 7 heteroatoms. The molecule has 0 atom stereocenters. The van der Waals surface area contributed by atoms with Gasteiger partial charge in [0.1, 0.15) is 11.6 Å². The van der Waals surface area contributed by atoms with Crippen molar-refractivity contribution in [1.29, 1.82) is 0 Å². The monoisotopic (exact) mass is 342 g/mol. The lowest BCUT2D eigenvalue weighted by atomic mass is 9.78. The van der Waals surface area contributed by atoms with Crippen LogP contribution in [0.4, 0.5) is 21.8 Å². The highest BCUT2D eigenvalue weighted by atomic mass is 19.1. The first-order valence-corrected chi connectivity index (χ1v) is 8.74. The van der Waals surface area contributed by atoms with Crippen LogP contribution in [0.2, 0.25) is 0 Å². The molecule has 1 aliphatic carbocycles. The maximum atomic E-state index is 14.0. The van der Waals surface area contributed by atoms with Crippen molar-refractivity contribution in [3.05, 3.63) is 41.8 Å². The van der Waals surface area contributed by atoms with Crippen LogP contribution in [0.25, 0.3) is 0 Å². The zero-order valence-electron chi connectivity index (χ0n) is 14.1. The Kier molecular flexibility index (Phi) is 4.17. The van der Waals surface area contributed by atoms with Gasteiger partial charge >= 0.3 is 0 Å². The molecule has 1 saturated carbocycles. The topological polar surface area (TPSA) is 84.3 Å². The number of para-hydroxylation sites is 1.